The molecule has 1 atom stereocenters. The Morgan fingerprint density at radius 3 is 2.18 bits per heavy atom. The van der Waals surface area contributed by atoms with E-state index in [-0.39, 0.29) is 6.42 Å². The lowest BCUT2D eigenvalue weighted by atomic mass is 10.0. The highest BCUT2D eigenvalue weighted by Gasteiger charge is 2.42. The zero-order valence-corrected chi connectivity index (χ0v) is 18.6. The number of aromatic nitrogens is 1. The van der Waals surface area contributed by atoms with Crippen molar-refractivity contribution in [3.05, 3.63) is 100 Å². The average Bonchev–Trinajstić information content (AvgIpc) is 3.30. The monoisotopic (exact) mass is 456 g/mol. The molecule has 3 aromatic carbocycles. The minimum absolute atomic E-state index is 0.187. The summed E-state index contributed by atoms with van der Waals surface area (Å²) in [6.45, 7) is 0. The second kappa shape index (κ2) is 8.48. The third-order valence-electron chi connectivity index (χ3n) is 5.69. The molecule has 0 fully saturated rings. The second-order valence-electron chi connectivity index (χ2n) is 7.73. The highest BCUT2D eigenvalue weighted by Crippen LogP contribution is 2.26. The van der Waals surface area contributed by atoms with Crippen LogP contribution in [0.3, 0.4) is 0 Å². The largest absolute Gasteiger partial charge is 0.318 e. The predicted octanol–water partition coefficient (Wildman–Crippen LogP) is 3.08. The molecule has 0 spiro atoms. The lowest BCUT2D eigenvalue weighted by molar-refractivity contribution is -0.125. The molecule has 1 aliphatic rings. The Bertz CT molecular complexity index is 1420. The zero-order chi connectivity index (χ0) is 22.9. The highest BCUT2D eigenvalue weighted by molar-refractivity contribution is 7.16. The van der Waals surface area contributed by atoms with Crippen LogP contribution in [0.1, 0.15) is 26.3 Å². The Kier molecular flexibility index (Phi) is 5.35. The van der Waals surface area contributed by atoms with Gasteiger partial charge < -0.3 is 4.57 Å². The van der Waals surface area contributed by atoms with Gasteiger partial charge in [-0.25, -0.2) is 5.43 Å². The van der Waals surface area contributed by atoms with Gasteiger partial charge in [0.05, 0.1) is 21.3 Å². The molecule has 0 saturated heterocycles. The van der Waals surface area contributed by atoms with Crippen molar-refractivity contribution in [2.45, 2.75) is 12.5 Å². The van der Waals surface area contributed by atoms with Crippen LogP contribution in [-0.2, 0) is 18.3 Å². The van der Waals surface area contributed by atoms with E-state index < -0.39 is 23.8 Å². The summed E-state index contributed by atoms with van der Waals surface area (Å²) in [5, 5.41) is 4.31. The maximum absolute atomic E-state index is 13.3. The fourth-order valence-electron chi connectivity index (χ4n) is 4.00. The first-order valence-electron chi connectivity index (χ1n) is 10.4. The van der Waals surface area contributed by atoms with Crippen LogP contribution in [0.15, 0.2) is 84.0 Å². The number of imide groups is 1. The molecule has 0 unspecified atom stereocenters. The van der Waals surface area contributed by atoms with Crippen molar-refractivity contribution in [2.75, 3.05) is 0 Å². The summed E-state index contributed by atoms with van der Waals surface area (Å²) < 4.78 is 2.92. The molecule has 4 aromatic rings. The number of hydrogen-bond donors (Lipinski definition) is 1. The highest BCUT2D eigenvalue weighted by atomic mass is 32.1. The Morgan fingerprint density at radius 2 is 1.52 bits per heavy atom. The van der Waals surface area contributed by atoms with Crippen LogP contribution < -0.4 is 10.2 Å². The first-order valence-corrected chi connectivity index (χ1v) is 11.3. The standard InChI is InChI=1S/C25H20N4O3S/c1-28-19-13-7-8-14-21(19)33-25(28)27-26-22(30)20(15-16-9-3-2-4-10-16)29-23(31)17-11-5-6-12-18(17)24(29)32/h2-14,20H,15H2,1H3,(H,26,30)/b27-25-/t20-/m1/s1. The summed E-state index contributed by atoms with van der Waals surface area (Å²) in [5.41, 5.74) is 5.04. The second-order valence-corrected chi connectivity index (χ2v) is 8.74. The first-order chi connectivity index (χ1) is 16.0. The van der Waals surface area contributed by atoms with Gasteiger partial charge in [0.1, 0.15) is 6.04 Å². The number of para-hydroxylation sites is 1. The van der Waals surface area contributed by atoms with Crippen LogP contribution in [0.25, 0.3) is 10.2 Å². The van der Waals surface area contributed by atoms with Crippen LogP contribution >= 0.6 is 11.3 Å². The van der Waals surface area contributed by atoms with E-state index in [9.17, 15) is 14.4 Å². The van der Waals surface area contributed by atoms with Gasteiger partial charge in [0.25, 0.3) is 17.7 Å². The number of rotatable bonds is 5. The summed E-state index contributed by atoms with van der Waals surface area (Å²) in [6.07, 6.45) is 0.187. The first kappa shape index (κ1) is 20.8. The van der Waals surface area contributed by atoms with Crippen molar-refractivity contribution < 1.29 is 14.4 Å². The maximum atomic E-state index is 13.3. The third kappa shape index (κ3) is 3.74. The van der Waals surface area contributed by atoms with Crippen LogP contribution in [0.2, 0.25) is 0 Å². The number of aryl methyl sites for hydroxylation is 1. The lowest BCUT2D eigenvalue weighted by Gasteiger charge is -2.24. The van der Waals surface area contributed by atoms with E-state index in [4.69, 9.17) is 0 Å². The molecule has 1 N–H and O–H groups in total. The molecule has 0 bridgehead atoms. The summed E-state index contributed by atoms with van der Waals surface area (Å²) in [5.74, 6) is -1.47. The van der Waals surface area contributed by atoms with Gasteiger partial charge in [-0.2, -0.15) is 0 Å². The molecular weight excluding hydrogens is 436 g/mol. The molecule has 8 heteroatoms. The van der Waals surface area contributed by atoms with Gasteiger partial charge in [-0.3, -0.25) is 19.3 Å². The fourth-order valence-corrected chi connectivity index (χ4v) is 4.97. The van der Waals surface area contributed by atoms with Crippen molar-refractivity contribution in [3.8, 4) is 0 Å². The van der Waals surface area contributed by atoms with Gasteiger partial charge >= 0.3 is 0 Å². The van der Waals surface area contributed by atoms with Gasteiger partial charge in [0.2, 0.25) is 4.80 Å². The minimum atomic E-state index is -1.04. The van der Waals surface area contributed by atoms with Crippen LogP contribution in [0.4, 0.5) is 0 Å². The molecule has 164 valence electrons. The smallest absolute Gasteiger partial charge is 0.263 e. The average molecular weight is 457 g/mol. The quantitative estimate of drug-likeness (QED) is 0.370. The van der Waals surface area contributed by atoms with Crippen molar-refractivity contribution in [1.82, 2.24) is 14.9 Å². The number of fused-ring (bicyclic) bond motifs is 2. The molecule has 0 radical (unpaired) electrons. The Balaban J connectivity index is 1.49. The van der Waals surface area contributed by atoms with E-state index in [2.05, 4.69) is 10.5 Å². The molecular formula is C25H20N4O3S. The van der Waals surface area contributed by atoms with E-state index in [0.29, 0.717) is 15.9 Å². The van der Waals surface area contributed by atoms with E-state index in [0.717, 1.165) is 20.7 Å². The minimum Gasteiger partial charge on any atom is -0.318 e. The summed E-state index contributed by atoms with van der Waals surface area (Å²) in [4.78, 5) is 41.1. The van der Waals surface area contributed by atoms with Crippen LogP contribution in [0.5, 0.6) is 0 Å². The topological polar surface area (TPSA) is 83.8 Å². The maximum Gasteiger partial charge on any atom is 0.263 e. The van der Waals surface area contributed by atoms with E-state index in [1.165, 1.54) is 11.3 Å². The Hall–Kier alpha value is -4.04. The fraction of sp³-hybridized carbons (Fsp3) is 0.120. The zero-order valence-electron chi connectivity index (χ0n) is 17.8. The van der Waals surface area contributed by atoms with Crippen molar-refractivity contribution in [2.24, 2.45) is 12.1 Å². The van der Waals surface area contributed by atoms with Crippen LogP contribution in [0, 0.1) is 0 Å². The summed E-state index contributed by atoms with van der Waals surface area (Å²) >= 11 is 1.44. The number of amides is 3. The Labute approximate surface area is 193 Å². The molecule has 1 aromatic heterocycles. The third-order valence-corrected chi connectivity index (χ3v) is 6.80. The number of hydrogen-bond acceptors (Lipinski definition) is 5. The van der Waals surface area contributed by atoms with Gasteiger partial charge in [-0.05, 0) is 29.8 Å². The Morgan fingerprint density at radius 1 is 0.909 bits per heavy atom. The van der Waals surface area contributed by atoms with Gasteiger partial charge in [-0.15, -0.1) is 5.10 Å². The molecule has 5 rings (SSSR count). The number of thiazole rings is 1. The summed E-state index contributed by atoms with van der Waals surface area (Å²) in [7, 11) is 1.87. The molecule has 33 heavy (non-hydrogen) atoms. The molecule has 3 amide bonds. The van der Waals surface area contributed by atoms with Crippen molar-refractivity contribution in [1.29, 1.82) is 0 Å². The van der Waals surface area contributed by atoms with Gasteiger partial charge in [0.15, 0.2) is 0 Å². The summed E-state index contributed by atoms with van der Waals surface area (Å²) in [6, 6.07) is 22.7. The normalized spacial score (nSPS) is 14.6. The number of carbonyl (C=O) groups excluding carboxylic acids is 3. The number of nitrogens with zero attached hydrogens (tertiary/aromatic N) is 3. The van der Waals surface area contributed by atoms with Gasteiger partial charge in [-0.1, -0.05) is 65.9 Å². The molecule has 7 nitrogen and oxygen atoms in total. The molecule has 0 saturated carbocycles. The van der Waals surface area contributed by atoms with Gasteiger partial charge in [0, 0.05) is 13.5 Å². The predicted molar refractivity (Wildman–Crippen MR) is 125 cm³/mol. The number of nitrogens with one attached hydrogen (secondary N) is 1. The van der Waals surface area contributed by atoms with Crippen molar-refractivity contribution >= 4 is 39.3 Å². The van der Waals surface area contributed by atoms with E-state index >= 15 is 0 Å². The lowest BCUT2D eigenvalue weighted by Crippen LogP contribution is -2.50. The van der Waals surface area contributed by atoms with Crippen LogP contribution in [-0.4, -0.2) is 33.2 Å². The van der Waals surface area contributed by atoms with E-state index in [1.807, 2.05) is 66.2 Å². The SMILES string of the molecule is Cn1/c(=N/NC(=O)[C@@H](Cc2ccccc2)N2C(=O)c3ccccc3C2=O)sc2ccccc21. The van der Waals surface area contributed by atoms with Crippen molar-refractivity contribution in [3.63, 3.8) is 0 Å². The number of carbonyl (C=O) groups is 3. The van der Waals surface area contributed by atoms with E-state index in [1.54, 1.807) is 24.3 Å². The molecule has 1 aliphatic heterocycles. The number of benzene rings is 3. The molecule has 0 aliphatic carbocycles. The molecule has 2 heterocycles.